The van der Waals surface area contributed by atoms with E-state index in [-0.39, 0.29) is 30.6 Å². The average molecular weight is 434 g/mol. The minimum atomic E-state index is -0.250. The van der Waals surface area contributed by atoms with E-state index in [0.717, 1.165) is 38.2 Å². The maximum Gasteiger partial charge on any atom is 0.290 e. The van der Waals surface area contributed by atoms with E-state index in [2.05, 4.69) is 36.2 Å². The van der Waals surface area contributed by atoms with E-state index >= 15 is 0 Å². The smallest absolute Gasteiger partial charge is 0.290 e. The third-order valence-corrected chi connectivity index (χ3v) is 5.82. The van der Waals surface area contributed by atoms with E-state index in [1.807, 2.05) is 17.6 Å². The van der Waals surface area contributed by atoms with Gasteiger partial charge < -0.3 is 24.6 Å². The van der Waals surface area contributed by atoms with Crippen LogP contribution in [-0.4, -0.2) is 66.3 Å². The molecule has 1 saturated heterocycles. The Bertz CT molecular complexity index is 816. The maximum atomic E-state index is 12.7. The maximum absolute atomic E-state index is 12.7. The monoisotopic (exact) mass is 433 g/mol. The number of nitrogens with one attached hydrogen (secondary N) is 1. The van der Waals surface area contributed by atoms with Crippen LogP contribution in [0.4, 0.5) is 0 Å². The number of carbonyl (C=O) groups excluding carboxylic acids is 1. The quantitative estimate of drug-likeness (QED) is 0.481. The lowest BCUT2D eigenvalue weighted by Crippen LogP contribution is -2.52. The number of allylic oxidation sites excluding steroid dienone is 1. The molecule has 0 radical (unpaired) electrons. The van der Waals surface area contributed by atoms with E-state index in [0.29, 0.717) is 25.0 Å². The standard InChI is InChI=1S/C22H33N3O3.CH2O2/c1-4-28-15-21(26)23-12-20-18-11-17(19-8-5-9-22(27)25(19)20)13-24(14-18)10-6-7-16(2)3;2-1-3/h5,7-9,17-18,20H,4,6,10-15H2,1-3H3,(H,23,26);1H,(H,2,3)/t17-,18+,20+;/m1./s1. The number of pyridine rings is 1. The highest BCUT2D eigenvalue weighted by Crippen LogP contribution is 2.40. The molecule has 2 bridgehead atoms. The first-order valence-electron chi connectivity index (χ1n) is 10.9. The van der Waals surface area contributed by atoms with Gasteiger partial charge in [-0.15, -0.1) is 0 Å². The third-order valence-electron chi connectivity index (χ3n) is 5.82. The van der Waals surface area contributed by atoms with E-state index < -0.39 is 0 Å². The molecule has 0 aromatic carbocycles. The molecule has 0 unspecified atom stereocenters. The molecule has 8 heteroatoms. The van der Waals surface area contributed by atoms with Crippen molar-refractivity contribution in [3.63, 3.8) is 0 Å². The summed E-state index contributed by atoms with van der Waals surface area (Å²) >= 11 is 0. The summed E-state index contributed by atoms with van der Waals surface area (Å²) in [6, 6.07) is 5.57. The molecule has 0 saturated carbocycles. The number of aromatic nitrogens is 1. The van der Waals surface area contributed by atoms with Crippen molar-refractivity contribution < 1.29 is 19.4 Å². The van der Waals surface area contributed by atoms with E-state index in [4.69, 9.17) is 14.6 Å². The zero-order valence-electron chi connectivity index (χ0n) is 18.8. The normalized spacial score (nSPS) is 21.8. The van der Waals surface area contributed by atoms with Crippen molar-refractivity contribution in [1.82, 2.24) is 14.8 Å². The van der Waals surface area contributed by atoms with E-state index in [1.165, 1.54) is 5.57 Å². The SMILES string of the molecule is CCOCC(=O)NC[C@H]1[C@H]2C[C@H](CN(CCC=C(C)C)C2)c2cccc(=O)n21.O=CO. The molecule has 31 heavy (non-hydrogen) atoms. The van der Waals surface area contributed by atoms with Crippen LogP contribution in [0, 0.1) is 5.92 Å². The third kappa shape index (κ3) is 7.04. The van der Waals surface area contributed by atoms with Crippen molar-refractivity contribution in [2.45, 2.75) is 45.6 Å². The van der Waals surface area contributed by atoms with Gasteiger partial charge in [0.05, 0.1) is 6.04 Å². The minimum Gasteiger partial charge on any atom is -0.483 e. The molecule has 3 atom stereocenters. The zero-order valence-corrected chi connectivity index (χ0v) is 18.8. The number of fused-ring (bicyclic) bond motifs is 4. The first-order chi connectivity index (χ1) is 14.9. The van der Waals surface area contributed by atoms with Crippen LogP contribution in [0.25, 0.3) is 0 Å². The largest absolute Gasteiger partial charge is 0.483 e. The lowest BCUT2D eigenvalue weighted by Gasteiger charge is -2.47. The van der Waals surface area contributed by atoms with Crippen molar-refractivity contribution in [3.05, 3.63) is 45.9 Å². The molecular formula is C23H35N3O5. The van der Waals surface area contributed by atoms with Gasteiger partial charge in [-0.3, -0.25) is 14.4 Å². The molecular weight excluding hydrogens is 398 g/mol. The summed E-state index contributed by atoms with van der Waals surface area (Å²) in [5.41, 5.74) is 2.50. The van der Waals surface area contributed by atoms with E-state index in [9.17, 15) is 9.59 Å². The number of likely N-dealkylation sites (tertiary alicyclic amines) is 1. The summed E-state index contributed by atoms with van der Waals surface area (Å²) in [6.07, 6.45) is 4.42. The number of amides is 1. The molecule has 2 aliphatic rings. The number of rotatable bonds is 8. The second-order valence-electron chi connectivity index (χ2n) is 8.30. The predicted molar refractivity (Wildman–Crippen MR) is 119 cm³/mol. The van der Waals surface area contributed by atoms with Crippen LogP contribution in [0.15, 0.2) is 34.6 Å². The van der Waals surface area contributed by atoms with Gasteiger partial charge in [-0.25, -0.2) is 0 Å². The summed E-state index contributed by atoms with van der Waals surface area (Å²) in [5.74, 6) is 0.630. The fraction of sp³-hybridized carbons (Fsp3) is 0.609. The highest BCUT2D eigenvalue weighted by atomic mass is 16.5. The van der Waals surface area contributed by atoms with Gasteiger partial charge in [0.25, 0.3) is 12.0 Å². The molecule has 1 fully saturated rings. The second-order valence-corrected chi connectivity index (χ2v) is 8.30. The number of nitrogens with zero attached hydrogens (tertiary/aromatic N) is 2. The van der Waals surface area contributed by atoms with Crippen LogP contribution in [0.1, 0.15) is 51.3 Å². The van der Waals surface area contributed by atoms with Gasteiger partial charge in [0.2, 0.25) is 5.91 Å². The number of carboxylic acid groups (broad SMARTS) is 1. The zero-order chi connectivity index (χ0) is 22.8. The Morgan fingerprint density at radius 2 is 2.06 bits per heavy atom. The number of piperidine rings is 1. The van der Waals surface area contributed by atoms with Gasteiger partial charge in [0.1, 0.15) is 6.61 Å². The highest BCUT2D eigenvalue weighted by molar-refractivity contribution is 5.77. The molecule has 2 aliphatic heterocycles. The van der Waals surface area contributed by atoms with Crippen LogP contribution in [0.2, 0.25) is 0 Å². The van der Waals surface area contributed by atoms with Crippen molar-refractivity contribution in [3.8, 4) is 0 Å². The van der Waals surface area contributed by atoms with Crippen molar-refractivity contribution in [2.75, 3.05) is 39.4 Å². The first kappa shape index (κ1) is 24.8. The van der Waals surface area contributed by atoms with Gasteiger partial charge in [0.15, 0.2) is 0 Å². The van der Waals surface area contributed by atoms with Crippen LogP contribution in [0.3, 0.4) is 0 Å². The summed E-state index contributed by atoms with van der Waals surface area (Å²) in [4.78, 5) is 35.6. The Kier molecular flexibility index (Phi) is 9.94. The molecule has 2 N–H and O–H groups in total. The van der Waals surface area contributed by atoms with Gasteiger partial charge in [0, 0.05) is 50.5 Å². The van der Waals surface area contributed by atoms with E-state index in [1.54, 1.807) is 6.07 Å². The van der Waals surface area contributed by atoms with Gasteiger partial charge >= 0.3 is 0 Å². The Morgan fingerprint density at radius 3 is 2.74 bits per heavy atom. The Labute approximate surface area is 183 Å². The van der Waals surface area contributed by atoms with Crippen LogP contribution in [0.5, 0.6) is 0 Å². The molecule has 3 rings (SSSR count). The lowest BCUT2D eigenvalue weighted by atomic mass is 9.78. The second kappa shape index (κ2) is 12.4. The van der Waals surface area contributed by atoms with Crippen LogP contribution >= 0.6 is 0 Å². The van der Waals surface area contributed by atoms with Crippen LogP contribution in [-0.2, 0) is 14.3 Å². The molecule has 0 aliphatic carbocycles. The van der Waals surface area contributed by atoms with Gasteiger partial charge in [-0.2, -0.15) is 0 Å². The summed E-state index contributed by atoms with van der Waals surface area (Å²) < 4.78 is 7.13. The predicted octanol–water partition coefficient (Wildman–Crippen LogP) is 2.02. The fourth-order valence-electron chi connectivity index (χ4n) is 4.58. The number of carbonyl (C=O) groups is 2. The Hall–Kier alpha value is -2.45. The van der Waals surface area contributed by atoms with Gasteiger partial charge in [-0.05, 0) is 45.6 Å². The molecule has 1 aromatic rings. The average Bonchev–Trinajstić information content (AvgIpc) is 2.73. The number of hydrogen-bond donors (Lipinski definition) is 2. The summed E-state index contributed by atoms with van der Waals surface area (Å²) in [5, 5.41) is 9.87. The Morgan fingerprint density at radius 1 is 1.32 bits per heavy atom. The summed E-state index contributed by atoms with van der Waals surface area (Å²) in [7, 11) is 0. The van der Waals surface area contributed by atoms with Crippen molar-refractivity contribution in [2.24, 2.45) is 5.92 Å². The number of hydrogen-bond acceptors (Lipinski definition) is 5. The van der Waals surface area contributed by atoms with Gasteiger partial charge in [-0.1, -0.05) is 17.7 Å². The molecule has 8 nitrogen and oxygen atoms in total. The summed E-state index contributed by atoms with van der Waals surface area (Å²) in [6.45, 7) is 9.96. The molecule has 0 spiro atoms. The van der Waals surface area contributed by atoms with Crippen LogP contribution < -0.4 is 10.9 Å². The Balaban J connectivity index is 0.00000107. The molecule has 172 valence electrons. The minimum absolute atomic E-state index is 0.00298. The van der Waals surface area contributed by atoms with Crippen molar-refractivity contribution in [1.29, 1.82) is 0 Å². The molecule has 1 amide bonds. The lowest BCUT2D eigenvalue weighted by molar-refractivity contribution is -0.126. The molecule has 1 aromatic heterocycles. The fourth-order valence-corrected chi connectivity index (χ4v) is 4.58. The number of ether oxygens (including phenoxy) is 1. The van der Waals surface area contributed by atoms with Crippen molar-refractivity contribution >= 4 is 12.4 Å². The molecule has 3 heterocycles. The topological polar surface area (TPSA) is 101 Å². The highest BCUT2D eigenvalue weighted by Gasteiger charge is 2.40. The first-order valence-corrected chi connectivity index (χ1v) is 10.9.